The van der Waals surface area contributed by atoms with Gasteiger partial charge in [-0.3, -0.25) is 0 Å². The Morgan fingerprint density at radius 2 is 2.00 bits per heavy atom. The van der Waals surface area contributed by atoms with Crippen LogP contribution in [0, 0.1) is 13.8 Å². The first-order valence-electron chi connectivity index (χ1n) is 4.38. The normalized spacial score (nSPS) is 10.4. The van der Waals surface area contributed by atoms with E-state index in [2.05, 4.69) is 4.98 Å². The molecule has 0 radical (unpaired) electrons. The summed E-state index contributed by atoms with van der Waals surface area (Å²) in [6, 6.07) is 5.25. The standard InChI is InChI=1S/C11H11NO2/c1-7-3-9(5-10(13)4-7)11-12-6-8(2)14-11/h3-6,13H,1-2H3. The third-order valence-corrected chi connectivity index (χ3v) is 1.93. The van der Waals surface area contributed by atoms with Gasteiger partial charge in [-0.2, -0.15) is 0 Å². The number of aromatic hydroxyl groups is 1. The highest BCUT2D eigenvalue weighted by Crippen LogP contribution is 2.24. The van der Waals surface area contributed by atoms with Gasteiger partial charge in [0, 0.05) is 5.56 Å². The van der Waals surface area contributed by atoms with Crippen molar-refractivity contribution in [3.8, 4) is 17.2 Å². The minimum atomic E-state index is 0.232. The number of aromatic nitrogens is 1. The second-order valence-corrected chi connectivity index (χ2v) is 3.33. The van der Waals surface area contributed by atoms with Crippen LogP contribution in [0.2, 0.25) is 0 Å². The van der Waals surface area contributed by atoms with Crippen molar-refractivity contribution < 1.29 is 9.52 Å². The van der Waals surface area contributed by atoms with Crippen LogP contribution in [0.4, 0.5) is 0 Å². The van der Waals surface area contributed by atoms with Gasteiger partial charge in [-0.05, 0) is 37.6 Å². The molecule has 0 fully saturated rings. The lowest BCUT2D eigenvalue weighted by molar-refractivity contribution is 0.474. The Balaban J connectivity index is 2.51. The number of rotatable bonds is 1. The molecule has 1 aromatic heterocycles. The number of aryl methyl sites for hydroxylation is 2. The summed E-state index contributed by atoms with van der Waals surface area (Å²) in [5, 5.41) is 9.39. The molecular formula is C11H11NO2. The molecule has 0 unspecified atom stereocenters. The van der Waals surface area contributed by atoms with Crippen LogP contribution in [0.3, 0.4) is 0 Å². The number of phenolic OH excluding ortho intramolecular Hbond substituents is 1. The summed E-state index contributed by atoms with van der Waals surface area (Å²) in [4.78, 5) is 4.09. The van der Waals surface area contributed by atoms with E-state index in [4.69, 9.17) is 4.42 Å². The first-order valence-corrected chi connectivity index (χ1v) is 4.38. The van der Waals surface area contributed by atoms with Crippen LogP contribution in [-0.4, -0.2) is 10.1 Å². The third kappa shape index (κ3) is 1.62. The molecule has 0 atom stereocenters. The third-order valence-electron chi connectivity index (χ3n) is 1.93. The van der Waals surface area contributed by atoms with Gasteiger partial charge in [-0.25, -0.2) is 4.98 Å². The second kappa shape index (κ2) is 3.18. The zero-order valence-electron chi connectivity index (χ0n) is 8.11. The molecular weight excluding hydrogens is 178 g/mol. The first kappa shape index (κ1) is 8.81. The Kier molecular flexibility index (Phi) is 2.00. The fraction of sp³-hybridized carbons (Fsp3) is 0.182. The summed E-state index contributed by atoms with van der Waals surface area (Å²) in [5.74, 6) is 1.54. The van der Waals surface area contributed by atoms with Crippen molar-refractivity contribution in [1.82, 2.24) is 4.98 Å². The number of nitrogens with zero attached hydrogens (tertiary/aromatic N) is 1. The van der Waals surface area contributed by atoms with E-state index < -0.39 is 0 Å². The summed E-state index contributed by atoms with van der Waals surface area (Å²) >= 11 is 0. The van der Waals surface area contributed by atoms with Gasteiger partial charge < -0.3 is 9.52 Å². The van der Waals surface area contributed by atoms with Crippen molar-refractivity contribution in [1.29, 1.82) is 0 Å². The Bertz CT molecular complexity index is 440. The SMILES string of the molecule is Cc1cc(O)cc(-c2ncc(C)o2)c1. The van der Waals surface area contributed by atoms with Gasteiger partial charge >= 0.3 is 0 Å². The van der Waals surface area contributed by atoms with Crippen LogP contribution in [0.25, 0.3) is 11.5 Å². The molecule has 0 aliphatic rings. The van der Waals surface area contributed by atoms with Gasteiger partial charge in [0.1, 0.15) is 11.5 Å². The van der Waals surface area contributed by atoms with Crippen LogP contribution in [0.15, 0.2) is 28.8 Å². The van der Waals surface area contributed by atoms with E-state index in [1.54, 1.807) is 18.3 Å². The van der Waals surface area contributed by atoms with E-state index in [9.17, 15) is 5.11 Å². The smallest absolute Gasteiger partial charge is 0.226 e. The second-order valence-electron chi connectivity index (χ2n) is 3.33. The molecule has 3 heteroatoms. The molecule has 0 saturated heterocycles. The van der Waals surface area contributed by atoms with Gasteiger partial charge in [0.25, 0.3) is 0 Å². The molecule has 1 N–H and O–H groups in total. The van der Waals surface area contributed by atoms with Crippen LogP contribution in [-0.2, 0) is 0 Å². The minimum absolute atomic E-state index is 0.232. The number of benzene rings is 1. The number of hydrogen-bond donors (Lipinski definition) is 1. The van der Waals surface area contributed by atoms with Crippen molar-refractivity contribution in [3.05, 3.63) is 35.7 Å². The Labute approximate surface area is 82.0 Å². The molecule has 0 aliphatic carbocycles. The largest absolute Gasteiger partial charge is 0.508 e. The molecule has 1 heterocycles. The Morgan fingerprint density at radius 3 is 2.57 bits per heavy atom. The molecule has 0 bridgehead atoms. The molecule has 0 aliphatic heterocycles. The van der Waals surface area contributed by atoms with Gasteiger partial charge in [0.05, 0.1) is 6.20 Å². The van der Waals surface area contributed by atoms with E-state index in [0.717, 1.165) is 16.9 Å². The molecule has 0 amide bonds. The molecule has 3 nitrogen and oxygen atoms in total. The molecule has 2 aromatic rings. The van der Waals surface area contributed by atoms with Crippen LogP contribution in [0.1, 0.15) is 11.3 Å². The zero-order chi connectivity index (χ0) is 10.1. The Morgan fingerprint density at radius 1 is 1.21 bits per heavy atom. The summed E-state index contributed by atoms with van der Waals surface area (Å²) < 4.78 is 5.36. The lowest BCUT2D eigenvalue weighted by atomic mass is 10.1. The number of oxazole rings is 1. The molecule has 72 valence electrons. The molecule has 0 spiro atoms. The predicted molar refractivity (Wildman–Crippen MR) is 53.1 cm³/mol. The number of phenols is 1. The van der Waals surface area contributed by atoms with Gasteiger partial charge in [-0.1, -0.05) is 0 Å². The van der Waals surface area contributed by atoms with Gasteiger partial charge in [-0.15, -0.1) is 0 Å². The maximum absolute atomic E-state index is 9.39. The van der Waals surface area contributed by atoms with Crippen molar-refractivity contribution in [2.45, 2.75) is 13.8 Å². The monoisotopic (exact) mass is 189 g/mol. The highest BCUT2D eigenvalue weighted by molar-refractivity contribution is 5.57. The topological polar surface area (TPSA) is 46.3 Å². The highest BCUT2D eigenvalue weighted by Gasteiger charge is 2.05. The average molecular weight is 189 g/mol. The quantitative estimate of drug-likeness (QED) is 0.750. The van der Waals surface area contributed by atoms with Crippen LogP contribution in [0.5, 0.6) is 5.75 Å². The predicted octanol–water partition coefficient (Wildman–Crippen LogP) is 2.66. The van der Waals surface area contributed by atoms with Crippen molar-refractivity contribution in [2.24, 2.45) is 0 Å². The molecule has 14 heavy (non-hydrogen) atoms. The summed E-state index contributed by atoms with van der Waals surface area (Å²) in [6.07, 6.45) is 1.66. The van der Waals surface area contributed by atoms with Gasteiger partial charge in [0.15, 0.2) is 0 Å². The molecule has 0 saturated carbocycles. The number of hydrogen-bond acceptors (Lipinski definition) is 3. The van der Waals surface area contributed by atoms with E-state index >= 15 is 0 Å². The maximum atomic E-state index is 9.39. The average Bonchev–Trinajstić information content (AvgIpc) is 2.50. The van der Waals surface area contributed by atoms with E-state index in [1.165, 1.54) is 0 Å². The lowest BCUT2D eigenvalue weighted by Crippen LogP contribution is -1.79. The molecule has 1 aromatic carbocycles. The van der Waals surface area contributed by atoms with Crippen LogP contribution >= 0.6 is 0 Å². The zero-order valence-corrected chi connectivity index (χ0v) is 8.11. The Hall–Kier alpha value is -1.77. The summed E-state index contributed by atoms with van der Waals surface area (Å²) in [6.45, 7) is 3.76. The van der Waals surface area contributed by atoms with E-state index in [1.807, 2.05) is 19.9 Å². The van der Waals surface area contributed by atoms with E-state index in [-0.39, 0.29) is 5.75 Å². The minimum Gasteiger partial charge on any atom is -0.508 e. The van der Waals surface area contributed by atoms with Crippen molar-refractivity contribution in [2.75, 3.05) is 0 Å². The highest BCUT2D eigenvalue weighted by atomic mass is 16.4. The maximum Gasteiger partial charge on any atom is 0.226 e. The molecule has 2 rings (SSSR count). The van der Waals surface area contributed by atoms with E-state index in [0.29, 0.717) is 5.89 Å². The van der Waals surface area contributed by atoms with Crippen molar-refractivity contribution >= 4 is 0 Å². The summed E-state index contributed by atoms with van der Waals surface area (Å²) in [7, 11) is 0. The first-order chi connectivity index (χ1) is 6.65. The fourth-order valence-electron chi connectivity index (χ4n) is 1.37. The van der Waals surface area contributed by atoms with Crippen LogP contribution < -0.4 is 0 Å². The lowest BCUT2D eigenvalue weighted by Gasteiger charge is -1.99. The fourth-order valence-corrected chi connectivity index (χ4v) is 1.37. The summed E-state index contributed by atoms with van der Waals surface area (Å²) in [5.41, 5.74) is 1.78. The van der Waals surface area contributed by atoms with Crippen molar-refractivity contribution in [3.63, 3.8) is 0 Å². The van der Waals surface area contributed by atoms with Gasteiger partial charge in [0.2, 0.25) is 5.89 Å².